The number of anilines is 2. The van der Waals surface area contributed by atoms with Crippen LogP contribution in [0.2, 0.25) is 0 Å². The Morgan fingerprint density at radius 1 is 1.15 bits per heavy atom. The molecule has 142 valence electrons. The van der Waals surface area contributed by atoms with Gasteiger partial charge in [0.05, 0.1) is 11.4 Å². The van der Waals surface area contributed by atoms with Crippen LogP contribution in [0.3, 0.4) is 0 Å². The van der Waals surface area contributed by atoms with Crippen LogP contribution in [0.4, 0.5) is 24.5 Å². The maximum Gasteiger partial charge on any atom is 0.422 e. The number of fused-ring (bicyclic) bond motifs is 1. The van der Waals surface area contributed by atoms with E-state index in [9.17, 15) is 22.8 Å². The molecule has 0 radical (unpaired) electrons. The van der Waals surface area contributed by atoms with Gasteiger partial charge in [-0.2, -0.15) is 13.2 Å². The number of halogens is 3. The summed E-state index contributed by atoms with van der Waals surface area (Å²) in [5.74, 6) is -0.267. The number of carbonyl (C=O) groups is 2. The van der Waals surface area contributed by atoms with E-state index in [-0.39, 0.29) is 24.0 Å². The Hall–Kier alpha value is -2.68. The van der Waals surface area contributed by atoms with Crippen molar-refractivity contribution in [3.05, 3.63) is 48.5 Å². The first kappa shape index (κ1) is 19.1. The summed E-state index contributed by atoms with van der Waals surface area (Å²) in [6.07, 6.45) is -4.41. The molecule has 1 aliphatic heterocycles. The van der Waals surface area contributed by atoms with Crippen LogP contribution in [0.5, 0.6) is 5.75 Å². The van der Waals surface area contributed by atoms with Gasteiger partial charge in [0.25, 0.3) is 0 Å². The molecule has 2 amide bonds. The quantitative estimate of drug-likeness (QED) is 0.837. The van der Waals surface area contributed by atoms with Crippen molar-refractivity contribution in [2.45, 2.75) is 11.1 Å². The molecular weight excluding hydrogens is 381 g/mol. The summed E-state index contributed by atoms with van der Waals surface area (Å²) < 4.78 is 41.0. The third-order valence-corrected chi connectivity index (χ3v) is 4.70. The van der Waals surface area contributed by atoms with Crippen LogP contribution in [0, 0.1) is 0 Å². The lowest BCUT2D eigenvalue weighted by Gasteiger charge is -2.28. The minimum Gasteiger partial charge on any atom is -0.484 e. The molecule has 0 bridgehead atoms. The fourth-order valence-corrected chi connectivity index (χ4v) is 3.41. The van der Waals surface area contributed by atoms with Gasteiger partial charge in [-0.15, -0.1) is 11.8 Å². The molecule has 0 aliphatic carbocycles. The van der Waals surface area contributed by atoms with Gasteiger partial charge in [-0.05, 0) is 36.4 Å². The van der Waals surface area contributed by atoms with Crippen molar-refractivity contribution in [1.82, 2.24) is 0 Å². The number of para-hydroxylation sites is 1. The first-order chi connectivity index (χ1) is 12.8. The Kier molecular flexibility index (Phi) is 5.59. The summed E-state index contributed by atoms with van der Waals surface area (Å²) in [6, 6.07) is 12.9. The summed E-state index contributed by atoms with van der Waals surface area (Å²) in [4.78, 5) is 26.8. The molecule has 2 aromatic carbocycles. The van der Waals surface area contributed by atoms with Crippen molar-refractivity contribution >= 4 is 35.0 Å². The van der Waals surface area contributed by atoms with E-state index in [1.165, 1.54) is 40.9 Å². The van der Waals surface area contributed by atoms with Crippen molar-refractivity contribution in [3.8, 4) is 5.75 Å². The first-order valence-corrected chi connectivity index (χ1v) is 8.92. The Balaban J connectivity index is 1.60. The Labute approximate surface area is 157 Å². The monoisotopic (exact) mass is 396 g/mol. The summed E-state index contributed by atoms with van der Waals surface area (Å²) in [7, 11) is 0. The van der Waals surface area contributed by atoms with Crippen molar-refractivity contribution in [1.29, 1.82) is 0 Å². The number of hydrogen-bond acceptors (Lipinski definition) is 4. The van der Waals surface area contributed by atoms with E-state index >= 15 is 0 Å². The van der Waals surface area contributed by atoms with Gasteiger partial charge >= 0.3 is 6.18 Å². The molecule has 0 spiro atoms. The third-order valence-electron chi connectivity index (χ3n) is 3.65. The molecule has 5 nitrogen and oxygen atoms in total. The molecule has 1 aliphatic rings. The normalized spacial score (nSPS) is 13.9. The Morgan fingerprint density at radius 3 is 2.56 bits per heavy atom. The second kappa shape index (κ2) is 7.91. The Morgan fingerprint density at radius 2 is 1.85 bits per heavy atom. The van der Waals surface area contributed by atoms with Gasteiger partial charge in [-0.25, -0.2) is 0 Å². The zero-order chi connectivity index (χ0) is 19.4. The molecule has 1 N–H and O–H groups in total. The number of carbonyl (C=O) groups excluding carboxylic acids is 2. The second-order valence-electron chi connectivity index (χ2n) is 5.71. The third kappa shape index (κ3) is 5.16. The van der Waals surface area contributed by atoms with Gasteiger partial charge < -0.3 is 15.0 Å². The number of thioether (sulfide) groups is 1. The van der Waals surface area contributed by atoms with Crippen LogP contribution in [-0.4, -0.2) is 36.9 Å². The molecule has 27 heavy (non-hydrogen) atoms. The molecule has 0 saturated heterocycles. The minimum absolute atomic E-state index is 0.0440. The first-order valence-electron chi connectivity index (χ1n) is 7.93. The number of rotatable bonds is 5. The molecule has 0 unspecified atom stereocenters. The van der Waals surface area contributed by atoms with Gasteiger partial charge in [0.15, 0.2) is 6.61 Å². The number of amides is 2. The number of hydrogen-bond donors (Lipinski definition) is 1. The van der Waals surface area contributed by atoms with Gasteiger partial charge in [-0.1, -0.05) is 12.1 Å². The maximum absolute atomic E-state index is 12.3. The van der Waals surface area contributed by atoms with E-state index in [4.69, 9.17) is 0 Å². The standard InChI is InChI=1S/C18H15F3N2O3S/c19-18(20,21)11-26-13-7-5-12(6-8-13)22-16(24)9-23-14-3-1-2-4-15(14)27-10-17(23)25/h1-8H,9-11H2,(H,22,24). The fourth-order valence-electron chi connectivity index (χ4n) is 2.47. The van der Waals surface area contributed by atoms with Gasteiger partial charge in [0.1, 0.15) is 12.3 Å². The van der Waals surface area contributed by atoms with Gasteiger partial charge in [0.2, 0.25) is 11.8 Å². The highest BCUT2D eigenvalue weighted by molar-refractivity contribution is 8.00. The highest BCUT2D eigenvalue weighted by atomic mass is 32.2. The van der Waals surface area contributed by atoms with Gasteiger partial charge in [-0.3, -0.25) is 9.59 Å². The largest absolute Gasteiger partial charge is 0.484 e. The zero-order valence-electron chi connectivity index (χ0n) is 14.0. The minimum atomic E-state index is -4.41. The average Bonchev–Trinajstić information content (AvgIpc) is 2.63. The zero-order valence-corrected chi connectivity index (χ0v) is 14.8. The van der Waals surface area contributed by atoms with E-state index in [0.29, 0.717) is 11.4 Å². The molecular formula is C18H15F3N2O3S. The molecule has 3 rings (SSSR count). The van der Waals surface area contributed by atoms with Crippen LogP contribution in [0.15, 0.2) is 53.4 Å². The fraction of sp³-hybridized carbons (Fsp3) is 0.222. The number of nitrogens with one attached hydrogen (secondary N) is 1. The summed E-state index contributed by atoms with van der Waals surface area (Å²) >= 11 is 1.42. The van der Waals surface area contributed by atoms with Crippen LogP contribution in [0.25, 0.3) is 0 Å². The highest BCUT2D eigenvalue weighted by Gasteiger charge is 2.28. The molecule has 2 aromatic rings. The van der Waals surface area contributed by atoms with Crippen LogP contribution >= 0.6 is 11.8 Å². The Bertz CT molecular complexity index is 840. The van der Waals surface area contributed by atoms with Gasteiger partial charge in [0, 0.05) is 10.6 Å². The van der Waals surface area contributed by atoms with Crippen LogP contribution < -0.4 is 15.0 Å². The van der Waals surface area contributed by atoms with Crippen LogP contribution in [0.1, 0.15) is 0 Å². The number of benzene rings is 2. The average molecular weight is 396 g/mol. The van der Waals surface area contributed by atoms with Crippen molar-refractivity contribution < 1.29 is 27.5 Å². The maximum atomic E-state index is 12.3. The molecule has 0 aromatic heterocycles. The van der Waals surface area contributed by atoms with Crippen molar-refractivity contribution in [2.75, 3.05) is 29.1 Å². The molecule has 0 saturated carbocycles. The molecule has 0 atom stereocenters. The SMILES string of the molecule is O=C(CN1C(=O)CSc2ccccc21)Nc1ccc(OCC(F)(F)F)cc1. The number of ether oxygens (including phenoxy) is 1. The van der Waals surface area contributed by atoms with E-state index < -0.39 is 18.7 Å². The second-order valence-corrected chi connectivity index (χ2v) is 6.73. The van der Waals surface area contributed by atoms with E-state index in [1.54, 1.807) is 12.1 Å². The lowest BCUT2D eigenvalue weighted by molar-refractivity contribution is -0.153. The molecule has 9 heteroatoms. The predicted molar refractivity (Wildman–Crippen MR) is 96.1 cm³/mol. The molecule has 0 fully saturated rings. The van der Waals surface area contributed by atoms with E-state index in [1.807, 2.05) is 12.1 Å². The number of nitrogens with zero attached hydrogens (tertiary/aromatic N) is 1. The lowest BCUT2D eigenvalue weighted by Crippen LogP contribution is -2.41. The molecule has 1 heterocycles. The van der Waals surface area contributed by atoms with E-state index in [2.05, 4.69) is 10.1 Å². The highest BCUT2D eigenvalue weighted by Crippen LogP contribution is 2.34. The summed E-state index contributed by atoms with van der Waals surface area (Å²) in [5, 5.41) is 2.62. The van der Waals surface area contributed by atoms with Crippen molar-refractivity contribution in [2.24, 2.45) is 0 Å². The van der Waals surface area contributed by atoms with Crippen LogP contribution in [-0.2, 0) is 9.59 Å². The topological polar surface area (TPSA) is 58.6 Å². The summed E-state index contributed by atoms with van der Waals surface area (Å²) in [5.41, 5.74) is 1.08. The van der Waals surface area contributed by atoms with E-state index in [0.717, 1.165) is 4.90 Å². The van der Waals surface area contributed by atoms with Crippen molar-refractivity contribution in [3.63, 3.8) is 0 Å². The summed E-state index contributed by atoms with van der Waals surface area (Å²) in [6.45, 7) is -1.53. The lowest BCUT2D eigenvalue weighted by atomic mass is 10.2. The number of alkyl halides is 3. The smallest absolute Gasteiger partial charge is 0.422 e. The predicted octanol–water partition coefficient (Wildman–Crippen LogP) is 3.71.